The number of aryl methyl sites for hydroxylation is 1. The van der Waals surface area contributed by atoms with Gasteiger partial charge in [0.15, 0.2) is 11.7 Å². The van der Waals surface area contributed by atoms with Gasteiger partial charge in [-0.05, 0) is 36.5 Å². The summed E-state index contributed by atoms with van der Waals surface area (Å²) >= 11 is 0. The minimum absolute atomic E-state index is 0. The molecule has 0 atom stereocenters. The molecule has 0 spiro atoms. The highest BCUT2D eigenvalue weighted by molar-refractivity contribution is 14.0. The maximum Gasteiger partial charge on any atom is 0.191 e. The number of benzene rings is 1. The Morgan fingerprint density at radius 2 is 2.08 bits per heavy atom. The second-order valence-electron chi connectivity index (χ2n) is 5.96. The van der Waals surface area contributed by atoms with Crippen molar-refractivity contribution in [3.05, 3.63) is 53.2 Å². The summed E-state index contributed by atoms with van der Waals surface area (Å²) in [7, 11) is 1.72. The zero-order valence-corrected chi connectivity index (χ0v) is 17.2. The summed E-state index contributed by atoms with van der Waals surface area (Å²) < 4.78 is 18.4. The Morgan fingerprint density at radius 3 is 2.72 bits per heavy atom. The molecule has 5 nitrogen and oxygen atoms in total. The first kappa shape index (κ1) is 21.4. The Hall–Kier alpha value is -1.64. The highest BCUT2D eigenvalue weighted by Gasteiger charge is 2.08. The van der Waals surface area contributed by atoms with Crippen molar-refractivity contribution < 1.29 is 8.91 Å². The smallest absolute Gasteiger partial charge is 0.191 e. The van der Waals surface area contributed by atoms with E-state index in [0.29, 0.717) is 18.4 Å². The monoisotopic (exact) mass is 460 g/mol. The lowest BCUT2D eigenvalue weighted by Crippen LogP contribution is -2.37. The number of aliphatic imine (C=N–C) groups is 1. The van der Waals surface area contributed by atoms with Crippen LogP contribution in [-0.4, -0.2) is 24.7 Å². The molecule has 1 aromatic carbocycles. The molecule has 138 valence electrons. The Morgan fingerprint density at radius 1 is 1.28 bits per heavy atom. The van der Waals surface area contributed by atoms with E-state index in [0.717, 1.165) is 36.4 Å². The van der Waals surface area contributed by atoms with Gasteiger partial charge in [0.05, 0.1) is 12.2 Å². The zero-order chi connectivity index (χ0) is 17.4. The number of aromatic nitrogens is 1. The number of guanidine groups is 1. The van der Waals surface area contributed by atoms with Crippen LogP contribution in [0.15, 0.2) is 39.8 Å². The van der Waals surface area contributed by atoms with Crippen LogP contribution in [0.3, 0.4) is 0 Å². The minimum Gasteiger partial charge on any atom is -0.359 e. The fraction of sp³-hybridized carbons (Fsp3) is 0.444. The van der Waals surface area contributed by atoms with E-state index in [1.165, 1.54) is 6.07 Å². The lowest BCUT2D eigenvalue weighted by molar-refractivity contribution is 0.372. The summed E-state index contributed by atoms with van der Waals surface area (Å²) in [4.78, 5) is 4.18. The third-order valence-electron chi connectivity index (χ3n) is 3.65. The fourth-order valence-corrected chi connectivity index (χ4v) is 2.27. The normalized spacial score (nSPS) is 11.3. The van der Waals surface area contributed by atoms with Gasteiger partial charge < -0.3 is 15.2 Å². The average Bonchev–Trinajstić information content (AvgIpc) is 3.03. The molecule has 0 aliphatic rings. The largest absolute Gasteiger partial charge is 0.359 e. The van der Waals surface area contributed by atoms with E-state index in [1.54, 1.807) is 19.2 Å². The van der Waals surface area contributed by atoms with Crippen LogP contribution in [0.5, 0.6) is 0 Å². The molecule has 7 heteroatoms. The Kier molecular flexibility index (Phi) is 9.48. The number of hydrogen-bond acceptors (Lipinski definition) is 3. The van der Waals surface area contributed by atoms with Crippen LogP contribution in [0.1, 0.15) is 43.2 Å². The van der Waals surface area contributed by atoms with Crippen molar-refractivity contribution in [1.82, 2.24) is 15.8 Å². The summed E-state index contributed by atoms with van der Waals surface area (Å²) in [6.45, 7) is 5.44. The number of nitrogens with zero attached hydrogens (tertiary/aromatic N) is 2. The topological polar surface area (TPSA) is 62.5 Å². The van der Waals surface area contributed by atoms with E-state index in [9.17, 15) is 4.39 Å². The van der Waals surface area contributed by atoms with E-state index in [2.05, 4.69) is 34.6 Å². The molecule has 0 saturated heterocycles. The summed E-state index contributed by atoms with van der Waals surface area (Å²) in [6, 6.07) is 8.66. The standard InChI is InChI=1S/C18H25FN4O.HI/c1-13(2)17-11-16(24-23-17)12-22-18(20-3)21-9-5-7-14-6-4-8-15(19)10-14;/h4,6,8,10-11,13H,5,7,9,12H2,1-3H3,(H2,20,21,22);1H. The molecule has 25 heavy (non-hydrogen) atoms. The Labute approximate surface area is 165 Å². The molecule has 1 aromatic heterocycles. The molecule has 0 aliphatic carbocycles. The van der Waals surface area contributed by atoms with E-state index in [4.69, 9.17) is 4.52 Å². The maximum absolute atomic E-state index is 13.1. The summed E-state index contributed by atoms with van der Waals surface area (Å²) in [5.74, 6) is 1.65. The van der Waals surface area contributed by atoms with Gasteiger partial charge in [-0.2, -0.15) is 0 Å². The number of hydrogen-bond donors (Lipinski definition) is 2. The minimum atomic E-state index is -0.189. The van der Waals surface area contributed by atoms with Crippen molar-refractivity contribution in [2.75, 3.05) is 13.6 Å². The van der Waals surface area contributed by atoms with Crippen LogP contribution in [0.25, 0.3) is 0 Å². The van der Waals surface area contributed by atoms with Crippen LogP contribution in [0.2, 0.25) is 0 Å². The van der Waals surface area contributed by atoms with Gasteiger partial charge in [0, 0.05) is 19.7 Å². The summed E-state index contributed by atoms with van der Waals surface area (Å²) in [5, 5.41) is 10.5. The number of rotatable bonds is 7. The van der Waals surface area contributed by atoms with Crippen molar-refractivity contribution >= 4 is 29.9 Å². The van der Waals surface area contributed by atoms with E-state index in [1.807, 2.05) is 12.1 Å². The van der Waals surface area contributed by atoms with Gasteiger partial charge in [0.25, 0.3) is 0 Å². The van der Waals surface area contributed by atoms with E-state index < -0.39 is 0 Å². The summed E-state index contributed by atoms with van der Waals surface area (Å²) in [5.41, 5.74) is 1.95. The molecule has 1 heterocycles. The quantitative estimate of drug-likeness (QED) is 0.285. The second kappa shape index (κ2) is 11.1. The first-order chi connectivity index (χ1) is 11.6. The molecule has 0 amide bonds. The number of halogens is 2. The van der Waals surface area contributed by atoms with Crippen molar-refractivity contribution in [1.29, 1.82) is 0 Å². The van der Waals surface area contributed by atoms with Gasteiger partial charge in [0.1, 0.15) is 5.82 Å². The summed E-state index contributed by atoms with van der Waals surface area (Å²) in [6.07, 6.45) is 1.71. The Balaban J connectivity index is 0.00000312. The second-order valence-corrected chi connectivity index (χ2v) is 5.96. The molecule has 2 rings (SSSR count). The van der Waals surface area contributed by atoms with Gasteiger partial charge in [0.2, 0.25) is 0 Å². The number of nitrogens with one attached hydrogen (secondary N) is 2. The molecule has 0 bridgehead atoms. The Bertz CT molecular complexity index is 673. The van der Waals surface area contributed by atoms with Crippen LogP contribution in [0, 0.1) is 5.82 Å². The highest BCUT2D eigenvalue weighted by Crippen LogP contribution is 2.13. The fourth-order valence-electron chi connectivity index (χ4n) is 2.27. The maximum atomic E-state index is 13.1. The lowest BCUT2D eigenvalue weighted by atomic mass is 10.1. The molecule has 0 saturated carbocycles. The first-order valence-electron chi connectivity index (χ1n) is 8.23. The SMILES string of the molecule is CN=C(NCCCc1cccc(F)c1)NCc1cc(C(C)C)no1.I. The first-order valence-corrected chi connectivity index (χ1v) is 8.23. The molecule has 2 aromatic rings. The van der Waals surface area contributed by atoms with Crippen LogP contribution in [0.4, 0.5) is 4.39 Å². The van der Waals surface area contributed by atoms with Crippen molar-refractivity contribution in [2.24, 2.45) is 4.99 Å². The van der Waals surface area contributed by atoms with Crippen LogP contribution < -0.4 is 10.6 Å². The van der Waals surface area contributed by atoms with E-state index in [-0.39, 0.29) is 29.8 Å². The van der Waals surface area contributed by atoms with Crippen molar-refractivity contribution in [2.45, 2.75) is 39.2 Å². The third kappa shape index (κ3) is 7.41. The van der Waals surface area contributed by atoms with Crippen LogP contribution >= 0.6 is 24.0 Å². The molecule has 0 aliphatic heterocycles. The van der Waals surface area contributed by atoms with Crippen LogP contribution in [-0.2, 0) is 13.0 Å². The third-order valence-corrected chi connectivity index (χ3v) is 3.65. The molecule has 0 fully saturated rings. The molecule has 0 unspecified atom stereocenters. The van der Waals surface area contributed by atoms with Gasteiger partial charge >= 0.3 is 0 Å². The molecular formula is C18H26FIN4O. The van der Waals surface area contributed by atoms with Gasteiger partial charge in [-0.3, -0.25) is 4.99 Å². The van der Waals surface area contributed by atoms with Gasteiger partial charge in [-0.25, -0.2) is 4.39 Å². The predicted octanol–water partition coefficient (Wildman–Crippen LogP) is 3.85. The molecule has 2 N–H and O–H groups in total. The lowest BCUT2D eigenvalue weighted by Gasteiger charge is -2.10. The predicted molar refractivity (Wildman–Crippen MR) is 109 cm³/mol. The molecule has 0 radical (unpaired) electrons. The van der Waals surface area contributed by atoms with Crippen molar-refractivity contribution in [3.8, 4) is 0 Å². The van der Waals surface area contributed by atoms with Gasteiger partial charge in [-0.15, -0.1) is 24.0 Å². The van der Waals surface area contributed by atoms with Crippen molar-refractivity contribution in [3.63, 3.8) is 0 Å². The average molecular weight is 460 g/mol. The highest BCUT2D eigenvalue weighted by atomic mass is 127. The van der Waals surface area contributed by atoms with E-state index >= 15 is 0 Å². The molecular weight excluding hydrogens is 434 g/mol. The van der Waals surface area contributed by atoms with Gasteiger partial charge in [-0.1, -0.05) is 31.1 Å². The zero-order valence-electron chi connectivity index (χ0n) is 14.9.